The molecule has 0 spiro atoms. The van der Waals surface area contributed by atoms with Crippen molar-refractivity contribution in [1.82, 2.24) is 0 Å². The Morgan fingerprint density at radius 3 is 3.05 bits per heavy atom. The molecule has 2 unspecified atom stereocenters. The Morgan fingerprint density at radius 1 is 1.58 bits per heavy atom. The lowest BCUT2D eigenvalue weighted by Crippen LogP contribution is -2.28. The molecule has 3 atom stereocenters. The molecular formula is C15H21NO3. The molecule has 104 valence electrons. The topological polar surface area (TPSA) is 72.5 Å². The molecule has 0 saturated carbocycles. The van der Waals surface area contributed by atoms with E-state index in [1.54, 1.807) is 12.1 Å². The van der Waals surface area contributed by atoms with Crippen molar-refractivity contribution in [2.75, 3.05) is 6.54 Å². The number of ether oxygens (including phenoxy) is 1. The van der Waals surface area contributed by atoms with Gasteiger partial charge in [0.1, 0.15) is 11.9 Å². The summed E-state index contributed by atoms with van der Waals surface area (Å²) >= 11 is 0. The number of benzene rings is 1. The monoisotopic (exact) mass is 263 g/mol. The number of carbonyl (C=O) groups excluding carboxylic acids is 1. The Kier molecular flexibility index (Phi) is 4.56. The number of fused-ring (bicyclic) bond motifs is 1. The number of nitrogens with two attached hydrogens (primary N) is 1. The van der Waals surface area contributed by atoms with Crippen molar-refractivity contribution in [2.24, 2.45) is 11.7 Å². The van der Waals surface area contributed by atoms with Crippen molar-refractivity contribution in [3.8, 4) is 5.75 Å². The van der Waals surface area contributed by atoms with Crippen molar-refractivity contribution >= 4 is 6.29 Å². The molecule has 0 radical (unpaired) electrons. The van der Waals surface area contributed by atoms with Crippen LogP contribution < -0.4 is 5.73 Å². The summed E-state index contributed by atoms with van der Waals surface area (Å²) in [6.07, 6.45) is 2.75. The Labute approximate surface area is 113 Å². The summed E-state index contributed by atoms with van der Waals surface area (Å²) in [5, 5.41) is 9.84. The third kappa shape index (κ3) is 3.14. The summed E-state index contributed by atoms with van der Waals surface area (Å²) in [6.45, 7) is 2.78. The summed E-state index contributed by atoms with van der Waals surface area (Å²) in [5.41, 5.74) is 7.24. The summed E-state index contributed by atoms with van der Waals surface area (Å²) in [6, 6.07) is 5.35. The molecule has 4 heteroatoms. The second-order valence-electron chi connectivity index (χ2n) is 5.29. The van der Waals surface area contributed by atoms with Gasteiger partial charge in [-0.3, -0.25) is 0 Å². The van der Waals surface area contributed by atoms with Crippen LogP contribution in [-0.2, 0) is 16.0 Å². The fourth-order valence-electron chi connectivity index (χ4n) is 2.53. The summed E-state index contributed by atoms with van der Waals surface area (Å²) < 4.78 is 5.77. The van der Waals surface area contributed by atoms with Gasteiger partial charge in [-0.15, -0.1) is 0 Å². The van der Waals surface area contributed by atoms with Crippen molar-refractivity contribution in [3.05, 3.63) is 29.3 Å². The van der Waals surface area contributed by atoms with Crippen LogP contribution in [0, 0.1) is 5.92 Å². The highest BCUT2D eigenvalue weighted by Gasteiger charge is 2.29. The lowest BCUT2D eigenvalue weighted by Gasteiger charge is -2.30. The van der Waals surface area contributed by atoms with Gasteiger partial charge >= 0.3 is 0 Å². The molecular weight excluding hydrogens is 242 g/mol. The van der Waals surface area contributed by atoms with Crippen LogP contribution in [0.15, 0.2) is 18.2 Å². The van der Waals surface area contributed by atoms with Crippen molar-refractivity contribution in [1.29, 1.82) is 0 Å². The van der Waals surface area contributed by atoms with Gasteiger partial charge in [-0.05, 0) is 43.4 Å². The van der Waals surface area contributed by atoms with E-state index in [1.807, 2.05) is 6.07 Å². The van der Waals surface area contributed by atoms with Gasteiger partial charge < -0.3 is 20.4 Å². The Bertz CT molecular complexity index is 447. The highest BCUT2D eigenvalue weighted by molar-refractivity contribution is 5.64. The molecule has 3 N–H and O–H groups in total. The lowest BCUT2D eigenvalue weighted by atomic mass is 9.91. The third-order valence-corrected chi connectivity index (χ3v) is 3.75. The number of carbonyl (C=O) groups is 1. The molecule has 0 fully saturated rings. The van der Waals surface area contributed by atoms with Crippen LogP contribution in [0.3, 0.4) is 0 Å². The maximum absolute atomic E-state index is 11.2. The smallest absolute Gasteiger partial charge is 0.153 e. The van der Waals surface area contributed by atoms with E-state index in [0.29, 0.717) is 18.0 Å². The summed E-state index contributed by atoms with van der Waals surface area (Å²) in [4.78, 5) is 11.2. The quantitative estimate of drug-likeness (QED) is 0.796. The summed E-state index contributed by atoms with van der Waals surface area (Å²) in [5.74, 6) is 0.604. The minimum absolute atomic E-state index is 0.0264. The zero-order chi connectivity index (χ0) is 13.8. The number of aromatic hydroxyl groups is 1. The molecule has 1 aromatic rings. The predicted octanol–water partition coefficient (Wildman–Crippen LogP) is 1.95. The minimum Gasteiger partial charge on any atom is -0.508 e. The third-order valence-electron chi connectivity index (χ3n) is 3.75. The maximum atomic E-state index is 11.2. The average molecular weight is 263 g/mol. The summed E-state index contributed by atoms with van der Waals surface area (Å²) in [7, 11) is 0. The standard InChI is InChI=1S/C15H21NO3/c1-10(8-16)5-6-12-7-11-3-2-4-13(18)15(11)14(9-17)19-12/h2-4,9-10,12,14,18H,5-8,16H2,1H3/t10?,12?,14-/m1/s1. The van der Waals surface area contributed by atoms with Crippen molar-refractivity contribution in [3.63, 3.8) is 0 Å². The van der Waals surface area contributed by atoms with Crippen molar-refractivity contribution < 1.29 is 14.6 Å². The van der Waals surface area contributed by atoms with Gasteiger partial charge in [-0.1, -0.05) is 19.1 Å². The highest BCUT2D eigenvalue weighted by Crippen LogP contribution is 2.36. The SMILES string of the molecule is CC(CN)CCC1Cc2cccc(O)c2[C@@H](C=O)O1. The average Bonchev–Trinajstić information content (AvgIpc) is 2.43. The largest absolute Gasteiger partial charge is 0.508 e. The minimum atomic E-state index is -0.650. The van der Waals surface area contributed by atoms with Gasteiger partial charge in [0.15, 0.2) is 6.29 Å². The number of aldehydes is 1. The molecule has 0 aromatic heterocycles. The first-order valence-corrected chi connectivity index (χ1v) is 6.77. The molecule has 1 aromatic carbocycles. The molecule has 19 heavy (non-hydrogen) atoms. The molecule has 0 saturated heterocycles. The molecule has 0 aliphatic carbocycles. The highest BCUT2D eigenvalue weighted by atomic mass is 16.5. The second-order valence-corrected chi connectivity index (χ2v) is 5.29. The first kappa shape index (κ1) is 14.0. The van der Waals surface area contributed by atoms with Crippen LogP contribution in [0.1, 0.15) is 37.0 Å². The molecule has 1 aliphatic rings. The first-order valence-electron chi connectivity index (χ1n) is 6.77. The van der Waals surface area contributed by atoms with Gasteiger partial charge in [-0.2, -0.15) is 0 Å². The van der Waals surface area contributed by atoms with E-state index >= 15 is 0 Å². The molecule has 1 heterocycles. The van der Waals surface area contributed by atoms with Gasteiger partial charge in [-0.25, -0.2) is 0 Å². The zero-order valence-electron chi connectivity index (χ0n) is 11.2. The number of phenolic OH excluding ortho intramolecular Hbond substituents is 1. The van der Waals surface area contributed by atoms with E-state index < -0.39 is 6.10 Å². The van der Waals surface area contributed by atoms with Crippen molar-refractivity contribution in [2.45, 2.75) is 38.4 Å². The molecule has 0 amide bonds. The molecule has 0 bridgehead atoms. The normalized spacial score (nSPS) is 23.7. The van der Waals surface area contributed by atoms with Gasteiger partial charge in [0, 0.05) is 5.56 Å². The van der Waals surface area contributed by atoms with Crippen LogP contribution in [0.5, 0.6) is 5.75 Å². The van der Waals surface area contributed by atoms with Crippen LogP contribution >= 0.6 is 0 Å². The van der Waals surface area contributed by atoms with E-state index in [1.165, 1.54) is 0 Å². The Hall–Kier alpha value is -1.39. The van der Waals surface area contributed by atoms with Crippen LogP contribution in [0.25, 0.3) is 0 Å². The number of hydrogen-bond acceptors (Lipinski definition) is 4. The van der Waals surface area contributed by atoms with Crippen LogP contribution in [0.4, 0.5) is 0 Å². The fraction of sp³-hybridized carbons (Fsp3) is 0.533. The van der Waals surface area contributed by atoms with E-state index in [9.17, 15) is 9.90 Å². The second kappa shape index (κ2) is 6.17. The first-order chi connectivity index (χ1) is 9.15. The molecule has 1 aliphatic heterocycles. The predicted molar refractivity (Wildman–Crippen MR) is 72.9 cm³/mol. The maximum Gasteiger partial charge on any atom is 0.153 e. The lowest BCUT2D eigenvalue weighted by molar-refractivity contribution is -0.124. The van der Waals surface area contributed by atoms with E-state index in [4.69, 9.17) is 10.5 Å². The van der Waals surface area contributed by atoms with Gasteiger partial charge in [0.2, 0.25) is 0 Å². The molecule has 4 nitrogen and oxygen atoms in total. The van der Waals surface area contributed by atoms with Gasteiger partial charge in [0.25, 0.3) is 0 Å². The number of phenols is 1. The van der Waals surface area contributed by atoms with Crippen LogP contribution in [-0.4, -0.2) is 24.0 Å². The Balaban J connectivity index is 2.11. The van der Waals surface area contributed by atoms with E-state index in [0.717, 1.165) is 31.1 Å². The van der Waals surface area contributed by atoms with Crippen LogP contribution in [0.2, 0.25) is 0 Å². The zero-order valence-corrected chi connectivity index (χ0v) is 11.2. The molecule has 2 rings (SSSR count). The Morgan fingerprint density at radius 2 is 2.37 bits per heavy atom. The van der Waals surface area contributed by atoms with E-state index in [2.05, 4.69) is 6.92 Å². The fourth-order valence-corrected chi connectivity index (χ4v) is 2.53. The van der Waals surface area contributed by atoms with E-state index in [-0.39, 0.29) is 11.9 Å². The van der Waals surface area contributed by atoms with Gasteiger partial charge in [0.05, 0.1) is 6.10 Å². The number of hydrogen-bond donors (Lipinski definition) is 2. The number of rotatable bonds is 5.